The van der Waals surface area contributed by atoms with E-state index in [9.17, 15) is 17.6 Å². The number of benzene rings is 2. The molecule has 0 fully saturated rings. The fraction of sp³-hybridized carbons (Fsp3) is 0.150. The van der Waals surface area contributed by atoms with Crippen molar-refractivity contribution in [2.45, 2.75) is 24.7 Å². The molecule has 0 aliphatic carbocycles. The van der Waals surface area contributed by atoms with E-state index in [4.69, 9.17) is 10.9 Å². The van der Waals surface area contributed by atoms with Crippen molar-refractivity contribution in [2.24, 2.45) is 10.9 Å². The molecule has 0 spiro atoms. The minimum atomic E-state index is -4.05. The highest BCUT2D eigenvalue weighted by atomic mass is 32.2. The molecule has 31 heavy (non-hydrogen) atoms. The first-order valence-electron chi connectivity index (χ1n) is 9.18. The number of carbonyl (C=O) groups is 1. The van der Waals surface area contributed by atoms with Crippen LogP contribution >= 0.6 is 0 Å². The molecule has 162 valence electrons. The molecule has 0 saturated carbocycles. The molecule has 1 amide bonds. The Bertz CT molecular complexity index is 1250. The molecule has 0 radical (unpaired) electrons. The Hall–Kier alpha value is -3.57. The second-order valence-electron chi connectivity index (χ2n) is 7.01. The predicted molar refractivity (Wildman–Crippen MR) is 115 cm³/mol. The molecule has 0 aliphatic rings. The number of sulfonamides is 1. The molecule has 9 nitrogen and oxygen atoms in total. The quantitative estimate of drug-likeness (QED) is 0.437. The number of hydrogen-bond acceptors (Lipinski definition) is 7. The first kappa shape index (κ1) is 22.1. The van der Waals surface area contributed by atoms with Gasteiger partial charge in [0.05, 0.1) is 11.4 Å². The molecular weight excluding hydrogens is 423 g/mol. The summed E-state index contributed by atoms with van der Waals surface area (Å²) in [5, 5.41) is 10.8. The van der Waals surface area contributed by atoms with E-state index in [0.29, 0.717) is 0 Å². The lowest BCUT2D eigenvalue weighted by Crippen LogP contribution is -2.17. The van der Waals surface area contributed by atoms with Crippen LogP contribution in [-0.4, -0.2) is 24.3 Å². The topological polar surface area (TPSA) is 153 Å². The number of rotatable bonds is 7. The van der Waals surface area contributed by atoms with Crippen LogP contribution in [0.3, 0.4) is 0 Å². The Balaban J connectivity index is 2.02. The van der Waals surface area contributed by atoms with Crippen LogP contribution in [0.5, 0.6) is 0 Å². The van der Waals surface area contributed by atoms with Crippen molar-refractivity contribution >= 4 is 39.1 Å². The van der Waals surface area contributed by atoms with Crippen molar-refractivity contribution in [3.05, 3.63) is 65.6 Å². The van der Waals surface area contributed by atoms with Crippen LogP contribution in [0.4, 0.5) is 27.5 Å². The Morgan fingerprint density at radius 2 is 1.81 bits per heavy atom. The molecule has 0 bridgehead atoms. The number of anilines is 4. The van der Waals surface area contributed by atoms with Gasteiger partial charge in [0.2, 0.25) is 16.0 Å². The van der Waals surface area contributed by atoms with Gasteiger partial charge in [-0.2, -0.15) is 4.98 Å². The van der Waals surface area contributed by atoms with Crippen molar-refractivity contribution in [3.63, 3.8) is 0 Å². The third-order valence-electron chi connectivity index (χ3n) is 4.40. The predicted octanol–water partition coefficient (Wildman–Crippen LogP) is 2.97. The number of nitrogens with one attached hydrogen (secondary N) is 2. The van der Waals surface area contributed by atoms with Crippen LogP contribution in [0, 0.1) is 5.82 Å². The van der Waals surface area contributed by atoms with Crippen molar-refractivity contribution in [3.8, 4) is 0 Å². The average Bonchev–Trinajstić information content (AvgIpc) is 2.69. The van der Waals surface area contributed by atoms with Gasteiger partial charge in [0.25, 0.3) is 5.91 Å². The van der Waals surface area contributed by atoms with Crippen LogP contribution in [0.1, 0.15) is 35.7 Å². The van der Waals surface area contributed by atoms with E-state index >= 15 is 0 Å². The van der Waals surface area contributed by atoms with Crippen LogP contribution in [0.25, 0.3) is 0 Å². The van der Waals surface area contributed by atoms with Crippen molar-refractivity contribution in [2.75, 3.05) is 10.6 Å². The van der Waals surface area contributed by atoms with Crippen LogP contribution in [0.15, 0.2) is 53.6 Å². The molecule has 2 aromatic carbocycles. The molecule has 1 aromatic heterocycles. The second-order valence-corrected chi connectivity index (χ2v) is 8.54. The molecule has 0 atom stereocenters. The summed E-state index contributed by atoms with van der Waals surface area (Å²) in [7, 11) is -4.05. The summed E-state index contributed by atoms with van der Waals surface area (Å²) in [4.78, 5) is 19.8. The molecule has 0 aliphatic heterocycles. The Kier molecular flexibility index (Phi) is 6.18. The highest BCUT2D eigenvalue weighted by Crippen LogP contribution is 2.27. The van der Waals surface area contributed by atoms with Gasteiger partial charge >= 0.3 is 0 Å². The Labute approximate surface area is 178 Å². The summed E-state index contributed by atoms with van der Waals surface area (Å²) < 4.78 is 38.0. The van der Waals surface area contributed by atoms with Crippen LogP contribution < -0.4 is 21.5 Å². The number of primary sulfonamides is 1. The maximum absolute atomic E-state index is 14.3. The minimum Gasteiger partial charge on any atom is -0.365 e. The maximum Gasteiger partial charge on any atom is 0.254 e. The SMILES string of the molecule is CC(C)c1ccc(F)c(Nc2ncc(C(N)=O)c(Nc3ccccc3S(N)(=O)=O)n2)c1. The lowest BCUT2D eigenvalue weighted by Gasteiger charge is -2.14. The largest absolute Gasteiger partial charge is 0.365 e. The number of primary amides is 1. The molecule has 1 heterocycles. The van der Waals surface area contributed by atoms with Gasteiger partial charge in [0.15, 0.2) is 0 Å². The smallest absolute Gasteiger partial charge is 0.254 e. The van der Waals surface area contributed by atoms with E-state index < -0.39 is 21.7 Å². The standard InChI is InChI=1S/C20H21FN6O3S/c1-11(2)12-7-8-14(21)16(9-12)26-20-24-10-13(18(22)28)19(27-20)25-15-5-3-4-6-17(15)31(23,29)30/h3-11H,1-2H3,(H2,22,28)(H2,23,29,30)(H2,24,25,26,27). The molecule has 0 unspecified atom stereocenters. The molecular formula is C20H21FN6O3S. The first-order valence-corrected chi connectivity index (χ1v) is 10.7. The number of aromatic nitrogens is 2. The maximum atomic E-state index is 14.3. The zero-order valence-electron chi connectivity index (χ0n) is 16.8. The molecule has 3 rings (SSSR count). The fourth-order valence-electron chi connectivity index (χ4n) is 2.78. The lowest BCUT2D eigenvalue weighted by atomic mass is 10.0. The zero-order valence-corrected chi connectivity index (χ0v) is 17.6. The van der Waals surface area contributed by atoms with E-state index in [0.717, 1.165) is 11.8 Å². The second kappa shape index (κ2) is 8.66. The van der Waals surface area contributed by atoms with Gasteiger partial charge in [0.1, 0.15) is 22.1 Å². The van der Waals surface area contributed by atoms with Crippen LogP contribution in [0.2, 0.25) is 0 Å². The van der Waals surface area contributed by atoms with Gasteiger partial charge in [-0.15, -0.1) is 0 Å². The summed E-state index contributed by atoms with van der Waals surface area (Å²) in [5.41, 5.74) is 6.43. The van der Waals surface area contributed by atoms with Crippen LogP contribution in [-0.2, 0) is 10.0 Å². The normalized spacial score (nSPS) is 11.4. The van der Waals surface area contributed by atoms with Gasteiger partial charge < -0.3 is 16.4 Å². The molecule has 6 N–H and O–H groups in total. The van der Waals surface area contributed by atoms with Crippen molar-refractivity contribution in [1.29, 1.82) is 0 Å². The molecule has 0 saturated heterocycles. The Morgan fingerprint density at radius 1 is 1.10 bits per heavy atom. The summed E-state index contributed by atoms with van der Waals surface area (Å²) in [6.45, 7) is 3.94. The summed E-state index contributed by atoms with van der Waals surface area (Å²) >= 11 is 0. The van der Waals surface area contributed by atoms with Gasteiger partial charge in [0, 0.05) is 6.20 Å². The van der Waals surface area contributed by atoms with E-state index in [1.165, 1.54) is 24.3 Å². The van der Waals surface area contributed by atoms with E-state index in [2.05, 4.69) is 20.6 Å². The number of nitrogens with two attached hydrogens (primary N) is 2. The van der Waals surface area contributed by atoms with Gasteiger partial charge in [-0.3, -0.25) is 4.79 Å². The number of amides is 1. The molecule has 11 heteroatoms. The third-order valence-corrected chi connectivity index (χ3v) is 5.37. The van der Waals surface area contributed by atoms with E-state index in [-0.39, 0.29) is 39.5 Å². The highest BCUT2D eigenvalue weighted by Gasteiger charge is 2.18. The summed E-state index contributed by atoms with van der Waals surface area (Å²) in [6, 6.07) is 10.5. The number of halogens is 1. The fourth-order valence-corrected chi connectivity index (χ4v) is 3.48. The summed E-state index contributed by atoms with van der Waals surface area (Å²) in [6.07, 6.45) is 1.16. The average molecular weight is 444 g/mol. The highest BCUT2D eigenvalue weighted by molar-refractivity contribution is 7.89. The molecule has 3 aromatic rings. The Morgan fingerprint density at radius 3 is 2.45 bits per heavy atom. The van der Waals surface area contributed by atoms with E-state index in [1.807, 2.05) is 13.8 Å². The number of hydrogen-bond donors (Lipinski definition) is 4. The van der Waals surface area contributed by atoms with Gasteiger partial charge in [-0.25, -0.2) is 22.9 Å². The number of nitrogens with zero attached hydrogens (tertiary/aromatic N) is 2. The van der Waals surface area contributed by atoms with Gasteiger partial charge in [-0.05, 0) is 35.7 Å². The lowest BCUT2D eigenvalue weighted by molar-refractivity contribution is 0.100. The zero-order chi connectivity index (χ0) is 22.8. The van der Waals surface area contributed by atoms with Gasteiger partial charge in [-0.1, -0.05) is 32.0 Å². The van der Waals surface area contributed by atoms with E-state index in [1.54, 1.807) is 18.2 Å². The number of carbonyl (C=O) groups excluding carboxylic acids is 1. The third kappa shape index (κ3) is 5.13. The monoisotopic (exact) mass is 444 g/mol. The first-order chi connectivity index (χ1) is 14.6. The number of para-hydroxylation sites is 1. The van der Waals surface area contributed by atoms with Crippen molar-refractivity contribution in [1.82, 2.24) is 9.97 Å². The minimum absolute atomic E-state index is 0.0274. The summed E-state index contributed by atoms with van der Waals surface area (Å²) in [5.74, 6) is -1.27. The van der Waals surface area contributed by atoms with Crippen molar-refractivity contribution < 1.29 is 17.6 Å².